The first kappa shape index (κ1) is 23.2. The van der Waals surface area contributed by atoms with E-state index in [0.29, 0.717) is 11.4 Å². The van der Waals surface area contributed by atoms with Gasteiger partial charge in [0.2, 0.25) is 10.0 Å². The lowest BCUT2D eigenvalue weighted by Crippen LogP contribution is -2.60. The molecule has 0 saturated carbocycles. The molecule has 0 unspecified atom stereocenters. The Bertz CT molecular complexity index is 1010. The maximum Gasteiger partial charge on any atom is 0.303 e. The van der Waals surface area contributed by atoms with Gasteiger partial charge in [-0.2, -0.15) is 0 Å². The minimum atomic E-state index is -3.81. The van der Waals surface area contributed by atoms with Crippen molar-refractivity contribution in [3.63, 3.8) is 0 Å². The Balaban J connectivity index is 1.64. The molecule has 14 heteroatoms. The number of primary sulfonamides is 1. The van der Waals surface area contributed by atoms with E-state index in [9.17, 15) is 28.5 Å². The van der Waals surface area contributed by atoms with E-state index in [2.05, 4.69) is 10.3 Å². The second-order valence-electron chi connectivity index (χ2n) is 6.79. The number of nitrogens with two attached hydrogens (primary N) is 1. The van der Waals surface area contributed by atoms with Crippen LogP contribution in [0.1, 0.15) is 12.6 Å². The molecule has 2 heterocycles. The number of sulfonamides is 1. The van der Waals surface area contributed by atoms with Crippen molar-refractivity contribution in [1.82, 2.24) is 15.0 Å². The number of hydrogen-bond acceptors (Lipinski definition) is 11. The van der Waals surface area contributed by atoms with Gasteiger partial charge in [-0.1, -0.05) is 5.21 Å². The largest absolute Gasteiger partial charge is 0.457 e. The summed E-state index contributed by atoms with van der Waals surface area (Å²) in [5, 5.41) is 42.7. The lowest BCUT2D eigenvalue weighted by molar-refractivity contribution is -0.306. The molecule has 170 valence electrons. The van der Waals surface area contributed by atoms with Crippen molar-refractivity contribution in [1.29, 1.82) is 0 Å². The minimum Gasteiger partial charge on any atom is -0.457 e. The third-order valence-electron chi connectivity index (χ3n) is 4.49. The van der Waals surface area contributed by atoms with Crippen molar-refractivity contribution in [3.8, 4) is 5.69 Å². The van der Waals surface area contributed by atoms with Gasteiger partial charge >= 0.3 is 5.97 Å². The van der Waals surface area contributed by atoms with Crippen LogP contribution in [0.2, 0.25) is 0 Å². The van der Waals surface area contributed by atoms with Gasteiger partial charge in [-0.05, 0) is 24.3 Å². The van der Waals surface area contributed by atoms with Crippen molar-refractivity contribution in [3.05, 3.63) is 36.2 Å². The SMILES string of the molecule is CC(=O)O[C@H]1[C@H](O)[C@@H](O)[C@H](OCc2cn(-c3ccc(S(N)(=O)=O)cc3)nn2)O[C@@H]1CO. The topological polar surface area (TPSA) is 196 Å². The summed E-state index contributed by atoms with van der Waals surface area (Å²) in [6, 6.07) is 5.63. The van der Waals surface area contributed by atoms with Crippen LogP contribution < -0.4 is 5.14 Å². The predicted molar refractivity (Wildman–Crippen MR) is 101 cm³/mol. The van der Waals surface area contributed by atoms with Crippen LogP contribution in [-0.4, -0.2) is 82.0 Å². The molecular formula is C17H22N4O9S. The van der Waals surface area contributed by atoms with Crippen molar-refractivity contribution >= 4 is 16.0 Å². The number of benzene rings is 1. The summed E-state index contributed by atoms with van der Waals surface area (Å²) in [6.07, 6.45) is -5.25. The number of carbonyl (C=O) groups is 1. The number of aromatic nitrogens is 3. The summed E-state index contributed by atoms with van der Waals surface area (Å²) < 4.78 is 39.8. The van der Waals surface area contributed by atoms with Crippen LogP contribution in [0.5, 0.6) is 0 Å². The van der Waals surface area contributed by atoms with E-state index in [1.165, 1.54) is 35.1 Å². The number of nitrogens with zero attached hydrogens (tertiary/aromatic N) is 3. The summed E-state index contributed by atoms with van der Waals surface area (Å²) in [5.41, 5.74) is 0.851. The highest BCUT2D eigenvalue weighted by molar-refractivity contribution is 7.89. The highest BCUT2D eigenvalue weighted by atomic mass is 32.2. The molecule has 13 nitrogen and oxygen atoms in total. The van der Waals surface area contributed by atoms with E-state index < -0.39 is 53.3 Å². The zero-order valence-electron chi connectivity index (χ0n) is 16.3. The molecule has 1 aliphatic rings. The zero-order chi connectivity index (χ0) is 22.8. The van der Waals surface area contributed by atoms with Gasteiger partial charge in [-0.15, -0.1) is 5.10 Å². The summed E-state index contributed by atoms with van der Waals surface area (Å²) >= 11 is 0. The molecule has 1 saturated heterocycles. The standard InChI is InChI=1S/C17H22N4O9S/c1-9(23)29-16-13(7-22)30-17(15(25)14(16)24)28-8-10-6-21(20-19-10)11-2-4-12(5-3-11)31(18,26)27/h2-6,13-17,22,24-25H,7-8H2,1H3,(H2,18,26,27)/t13-,14-,15-,16-,17-/m1/s1. The molecule has 5 atom stereocenters. The molecule has 2 aromatic rings. The zero-order valence-corrected chi connectivity index (χ0v) is 17.1. The highest BCUT2D eigenvalue weighted by Gasteiger charge is 2.46. The van der Waals surface area contributed by atoms with Crippen LogP contribution in [0.3, 0.4) is 0 Å². The van der Waals surface area contributed by atoms with Gasteiger partial charge < -0.3 is 29.5 Å². The van der Waals surface area contributed by atoms with Crippen molar-refractivity contribution in [2.75, 3.05) is 6.61 Å². The molecule has 0 bridgehead atoms. The number of ether oxygens (including phenoxy) is 3. The van der Waals surface area contributed by atoms with E-state index >= 15 is 0 Å². The molecule has 1 aromatic heterocycles. The van der Waals surface area contributed by atoms with Crippen LogP contribution in [0, 0.1) is 0 Å². The van der Waals surface area contributed by atoms with Gasteiger partial charge in [0.25, 0.3) is 0 Å². The van der Waals surface area contributed by atoms with Crippen LogP contribution in [0.25, 0.3) is 5.69 Å². The van der Waals surface area contributed by atoms with Gasteiger partial charge in [0, 0.05) is 6.92 Å². The minimum absolute atomic E-state index is 0.0487. The number of aliphatic hydroxyl groups excluding tert-OH is 3. The Kier molecular flexibility index (Phi) is 7.00. The van der Waals surface area contributed by atoms with Gasteiger partial charge in [0.1, 0.15) is 24.0 Å². The van der Waals surface area contributed by atoms with Crippen LogP contribution in [0.15, 0.2) is 35.4 Å². The Hall–Kier alpha value is -2.46. The van der Waals surface area contributed by atoms with Gasteiger partial charge in [-0.3, -0.25) is 4.79 Å². The first-order valence-electron chi connectivity index (χ1n) is 9.06. The summed E-state index contributed by atoms with van der Waals surface area (Å²) in [6.45, 7) is 0.383. The summed E-state index contributed by atoms with van der Waals surface area (Å²) in [5.74, 6) is -0.702. The van der Waals surface area contributed by atoms with Crippen molar-refractivity contribution in [2.24, 2.45) is 5.14 Å². The lowest BCUT2D eigenvalue weighted by atomic mass is 9.99. The third-order valence-corrected chi connectivity index (χ3v) is 5.42. The van der Waals surface area contributed by atoms with Crippen molar-refractivity contribution in [2.45, 2.75) is 49.1 Å². The molecule has 1 fully saturated rings. The molecule has 0 aliphatic carbocycles. The molecule has 3 rings (SSSR count). The van der Waals surface area contributed by atoms with E-state index in [1.54, 1.807) is 0 Å². The van der Waals surface area contributed by atoms with Gasteiger partial charge in [0.15, 0.2) is 12.4 Å². The van der Waals surface area contributed by atoms with E-state index in [0.717, 1.165) is 6.92 Å². The quantitative estimate of drug-likeness (QED) is 0.329. The van der Waals surface area contributed by atoms with Crippen LogP contribution in [0.4, 0.5) is 0 Å². The monoisotopic (exact) mass is 458 g/mol. The molecule has 5 N–H and O–H groups in total. The summed E-state index contributed by atoms with van der Waals surface area (Å²) in [4.78, 5) is 11.1. The highest BCUT2D eigenvalue weighted by Crippen LogP contribution is 2.25. The molecule has 0 amide bonds. The maximum absolute atomic E-state index is 11.3. The fourth-order valence-corrected chi connectivity index (χ4v) is 3.49. The molecular weight excluding hydrogens is 436 g/mol. The first-order chi connectivity index (χ1) is 14.6. The number of esters is 1. The first-order valence-corrected chi connectivity index (χ1v) is 10.6. The fourth-order valence-electron chi connectivity index (χ4n) is 2.97. The number of rotatable bonds is 7. The normalized spacial score (nSPS) is 26.5. The molecule has 1 aromatic carbocycles. The average molecular weight is 458 g/mol. The van der Waals surface area contributed by atoms with E-state index in [-0.39, 0.29) is 11.5 Å². The molecule has 0 spiro atoms. The Morgan fingerprint density at radius 2 is 1.94 bits per heavy atom. The number of hydrogen-bond donors (Lipinski definition) is 4. The van der Waals surface area contributed by atoms with E-state index in [4.69, 9.17) is 19.3 Å². The van der Waals surface area contributed by atoms with Gasteiger partial charge in [0.05, 0.1) is 30.0 Å². The smallest absolute Gasteiger partial charge is 0.303 e. The number of aliphatic hydroxyl groups is 3. The molecule has 0 radical (unpaired) electrons. The average Bonchev–Trinajstić information content (AvgIpc) is 3.19. The Morgan fingerprint density at radius 3 is 2.52 bits per heavy atom. The third kappa shape index (κ3) is 5.43. The van der Waals surface area contributed by atoms with Crippen LogP contribution >= 0.6 is 0 Å². The van der Waals surface area contributed by atoms with Gasteiger partial charge in [-0.25, -0.2) is 18.2 Å². The maximum atomic E-state index is 11.3. The fraction of sp³-hybridized carbons (Fsp3) is 0.471. The Morgan fingerprint density at radius 1 is 1.26 bits per heavy atom. The molecule has 31 heavy (non-hydrogen) atoms. The second kappa shape index (κ2) is 9.35. The lowest BCUT2D eigenvalue weighted by Gasteiger charge is -2.41. The molecule has 1 aliphatic heterocycles. The van der Waals surface area contributed by atoms with Crippen molar-refractivity contribution < 1.29 is 42.7 Å². The van der Waals surface area contributed by atoms with Crippen LogP contribution in [-0.2, 0) is 35.6 Å². The summed E-state index contributed by atoms with van der Waals surface area (Å²) in [7, 11) is -3.81. The number of carbonyl (C=O) groups excluding carboxylic acids is 1. The second-order valence-corrected chi connectivity index (χ2v) is 8.35. The predicted octanol–water partition coefficient (Wildman–Crippen LogP) is -2.20. The Labute approximate surface area is 177 Å². The van der Waals surface area contributed by atoms with E-state index in [1.807, 2.05) is 0 Å².